The standard InChI is InChI=1S/C39H35N3O12/c1-5-7-14(2)22-12-19-26(36(54-22)29(40)38(50)42-13-20(39(51)52)41-37(49)15(42)3)33(47)24-17(30(19)44)10-11-18-25(24)34(48)27-28(35(18)53-4)32(46)23-16(31(27)45)8-6-9-21(23)43/h6,8-12,14-15,19-20,26,43,48H,5,7,13,40H2,1-4H3,(H,41,49)(H,51,52)/b36-29+. The van der Waals surface area contributed by atoms with Gasteiger partial charge < -0.3 is 40.7 Å². The molecule has 2 aliphatic heterocycles. The van der Waals surface area contributed by atoms with Crippen molar-refractivity contribution < 1.29 is 58.4 Å². The highest BCUT2D eigenvalue weighted by atomic mass is 16.5. The Labute approximate surface area is 307 Å². The van der Waals surface area contributed by atoms with E-state index in [0.717, 1.165) is 11.3 Å². The Morgan fingerprint density at radius 2 is 1.72 bits per heavy atom. The van der Waals surface area contributed by atoms with Crippen LogP contribution in [0.25, 0.3) is 10.8 Å². The summed E-state index contributed by atoms with van der Waals surface area (Å²) in [7, 11) is 1.22. The minimum absolute atomic E-state index is 0.000841. The zero-order valence-corrected chi connectivity index (χ0v) is 29.5. The first-order valence-electron chi connectivity index (χ1n) is 17.3. The fourth-order valence-electron chi connectivity index (χ4n) is 7.93. The molecule has 5 unspecified atom stereocenters. The highest BCUT2D eigenvalue weighted by Crippen LogP contribution is 2.51. The van der Waals surface area contributed by atoms with Crippen LogP contribution in [0.2, 0.25) is 0 Å². The molecule has 2 aliphatic carbocycles. The Balaban J connectivity index is 1.46. The van der Waals surface area contributed by atoms with Crippen molar-refractivity contribution in [1.82, 2.24) is 10.2 Å². The van der Waals surface area contributed by atoms with Gasteiger partial charge in [0.05, 0.1) is 42.2 Å². The monoisotopic (exact) mass is 737 g/mol. The van der Waals surface area contributed by atoms with Crippen molar-refractivity contribution in [2.45, 2.75) is 45.7 Å². The zero-order chi connectivity index (χ0) is 39.1. The third-order valence-electron chi connectivity index (χ3n) is 10.7. The first-order chi connectivity index (χ1) is 25.6. The molecule has 2 heterocycles. The van der Waals surface area contributed by atoms with Gasteiger partial charge in [0.1, 0.15) is 46.5 Å². The van der Waals surface area contributed by atoms with Crippen LogP contribution in [0.15, 0.2) is 53.6 Å². The molecule has 15 heteroatoms. The Hall–Kier alpha value is -6.51. The lowest BCUT2D eigenvalue weighted by Gasteiger charge is -2.39. The zero-order valence-electron chi connectivity index (χ0n) is 29.5. The van der Waals surface area contributed by atoms with E-state index in [9.17, 15) is 48.9 Å². The van der Waals surface area contributed by atoms with Crippen LogP contribution in [-0.2, 0) is 19.1 Å². The van der Waals surface area contributed by atoms with Gasteiger partial charge in [-0.25, -0.2) is 4.79 Å². The summed E-state index contributed by atoms with van der Waals surface area (Å²) in [5.41, 5.74) is 4.10. The summed E-state index contributed by atoms with van der Waals surface area (Å²) < 4.78 is 11.9. The van der Waals surface area contributed by atoms with Crippen LogP contribution in [0.1, 0.15) is 86.2 Å². The SMILES string of the molecule is CCCC(C)C1=CC2C(=O)c3ccc4c(OC)c5c(c(O)c4c3C(=O)C2/C(=C(\N)C(=O)N2CC(C(=O)O)NC(=O)C2C)O1)C(=O)c1cccc(O)c1C5=O. The number of carbonyl (C=O) groups excluding carboxylic acids is 6. The molecule has 15 nitrogen and oxygen atoms in total. The van der Waals surface area contributed by atoms with Crippen LogP contribution < -0.4 is 15.8 Å². The van der Waals surface area contributed by atoms with E-state index >= 15 is 0 Å². The number of Topliss-reactive ketones (excluding diaryl/α,β-unsaturated/α-hetero) is 2. The Bertz CT molecular complexity index is 2360. The van der Waals surface area contributed by atoms with Gasteiger partial charge in [0, 0.05) is 33.4 Å². The number of fused-ring (bicyclic) bond motifs is 6. The van der Waals surface area contributed by atoms with Crippen LogP contribution in [0.3, 0.4) is 0 Å². The van der Waals surface area contributed by atoms with Gasteiger partial charge in [0.15, 0.2) is 17.3 Å². The van der Waals surface area contributed by atoms with Crippen LogP contribution in [0, 0.1) is 17.8 Å². The number of phenols is 2. The van der Waals surface area contributed by atoms with E-state index in [1.807, 2.05) is 13.8 Å². The van der Waals surface area contributed by atoms with Gasteiger partial charge in [0.25, 0.3) is 5.91 Å². The predicted molar refractivity (Wildman–Crippen MR) is 188 cm³/mol. The van der Waals surface area contributed by atoms with Crippen molar-refractivity contribution in [2.75, 3.05) is 13.7 Å². The summed E-state index contributed by atoms with van der Waals surface area (Å²) in [5, 5.41) is 34.1. The maximum absolute atomic E-state index is 14.9. The topological polar surface area (TPSA) is 240 Å². The number of aliphatic carboxylic acids is 1. The number of amides is 2. The van der Waals surface area contributed by atoms with Crippen LogP contribution in [-0.4, -0.2) is 86.9 Å². The first-order valence-corrected chi connectivity index (χ1v) is 17.3. The number of hydrogen-bond donors (Lipinski definition) is 5. The molecule has 4 aliphatic rings. The summed E-state index contributed by atoms with van der Waals surface area (Å²) in [4.78, 5) is 96.7. The lowest BCUT2D eigenvalue weighted by atomic mass is 9.69. The molecule has 7 rings (SSSR count). The number of nitrogens with one attached hydrogen (secondary N) is 1. The molecule has 1 fully saturated rings. The molecular weight excluding hydrogens is 702 g/mol. The van der Waals surface area contributed by atoms with Crippen molar-refractivity contribution in [3.63, 3.8) is 0 Å². The van der Waals surface area contributed by atoms with Crippen molar-refractivity contribution in [3.05, 3.63) is 87.0 Å². The number of carboxylic acids is 1. The van der Waals surface area contributed by atoms with Crippen LogP contribution in [0.4, 0.5) is 0 Å². The smallest absolute Gasteiger partial charge is 0.328 e. The first kappa shape index (κ1) is 35.9. The molecule has 0 bridgehead atoms. The molecule has 3 aromatic rings. The molecule has 54 heavy (non-hydrogen) atoms. The second-order valence-corrected chi connectivity index (χ2v) is 13.8. The number of phenolic OH excluding ortho intramolecular Hbond substituents is 2. The molecule has 0 aromatic heterocycles. The fourth-order valence-corrected chi connectivity index (χ4v) is 7.93. The highest BCUT2D eigenvalue weighted by molar-refractivity contribution is 6.35. The highest BCUT2D eigenvalue weighted by Gasteiger charge is 2.51. The second kappa shape index (κ2) is 12.9. The van der Waals surface area contributed by atoms with E-state index in [4.69, 9.17) is 15.2 Å². The summed E-state index contributed by atoms with van der Waals surface area (Å²) in [6, 6.07) is 4.03. The Morgan fingerprint density at radius 1 is 1.00 bits per heavy atom. The third kappa shape index (κ3) is 5.05. The lowest BCUT2D eigenvalue weighted by Crippen LogP contribution is -2.63. The van der Waals surface area contributed by atoms with Crippen LogP contribution >= 0.6 is 0 Å². The minimum Gasteiger partial charge on any atom is -0.507 e. The minimum atomic E-state index is -1.57. The number of carbonyl (C=O) groups is 7. The quantitative estimate of drug-likeness (QED) is 0.179. The number of nitrogens with zero attached hydrogens (tertiary/aromatic N) is 1. The van der Waals surface area contributed by atoms with Gasteiger partial charge in [-0.15, -0.1) is 0 Å². The third-order valence-corrected chi connectivity index (χ3v) is 10.7. The van der Waals surface area contributed by atoms with Crippen molar-refractivity contribution in [1.29, 1.82) is 0 Å². The molecule has 0 radical (unpaired) electrons. The Kier molecular flexibility index (Phi) is 8.54. The number of benzene rings is 3. The molecule has 0 saturated carbocycles. The van der Waals surface area contributed by atoms with Crippen molar-refractivity contribution in [3.8, 4) is 17.2 Å². The number of ketones is 4. The largest absolute Gasteiger partial charge is 0.507 e. The molecule has 6 N–H and O–H groups in total. The van der Waals surface area contributed by atoms with Gasteiger partial charge in [-0.1, -0.05) is 32.4 Å². The maximum atomic E-state index is 14.9. The van der Waals surface area contributed by atoms with E-state index in [-0.39, 0.29) is 56.0 Å². The van der Waals surface area contributed by atoms with Crippen LogP contribution in [0.5, 0.6) is 17.2 Å². The number of aromatic hydroxyl groups is 2. The summed E-state index contributed by atoms with van der Waals surface area (Å²) in [5.74, 6) is -10.9. The number of ether oxygens (including phenoxy) is 2. The predicted octanol–water partition coefficient (Wildman–Crippen LogP) is 2.97. The average molecular weight is 738 g/mol. The van der Waals surface area contributed by atoms with Gasteiger partial charge in [-0.05, 0) is 37.6 Å². The molecular formula is C39H35N3O12. The second-order valence-electron chi connectivity index (χ2n) is 13.8. The summed E-state index contributed by atoms with van der Waals surface area (Å²) in [6.07, 6.45) is 2.83. The number of carboxylic acid groups (broad SMARTS) is 1. The van der Waals surface area contributed by atoms with Gasteiger partial charge in [0.2, 0.25) is 11.7 Å². The number of methoxy groups -OCH3 is 1. The molecule has 2 amide bonds. The molecule has 0 spiro atoms. The molecule has 5 atom stereocenters. The summed E-state index contributed by atoms with van der Waals surface area (Å²) >= 11 is 0. The van der Waals surface area contributed by atoms with E-state index in [2.05, 4.69) is 5.32 Å². The number of hydrogen-bond acceptors (Lipinski definition) is 12. The number of allylic oxidation sites excluding steroid dienone is 3. The fraction of sp³-hybridized carbons (Fsp3) is 0.308. The van der Waals surface area contributed by atoms with Gasteiger partial charge >= 0.3 is 5.97 Å². The van der Waals surface area contributed by atoms with E-state index in [0.29, 0.717) is 6.42 Å². The van der Waals surface area contributed by atoms with E-state index < -0.39 is 99.9 Å². The molecule has 1 saturated heterocycles. The van der Waals surface area contributed by atoms with E-state index in [1.165, 1.54) is 50.4 Å². The number of piperazine rings is 1. The normalized spacial score (nSPS) is 23.3. The molecule has 3 aromatic carbocycles. The van der Waals surface area contributed by atoms with Crippen molar-refractivity contribution >= 4 is 51.7 Å². The van der Waals surface area contributed by atoms with Crippen molar-refractivity contribution in [2.24, 2.45) is 23.5 Å². The number of rotatable bonds is 6. The number of nitrogens with two attached hydrogens (primary N) is 1. The lowest BCUT2D eigenvalue weighted by molar-refractivity contribution is -0.150. The van der Waals surface area contributed by atoms with Gasteiger partial charge in [-0.2, -0.15) is 0 Å². The average Bonchev–Trinajstić information content (AvgIpc) is 3.15. The molecule has 278 valence electrons. The van der Waals surface area contributed by atoms with E-state index in [1.54, 1.807) is 0 Å². The summed E-state index contributed by atoms with van der Waals surface area (Å²) in [6.45, 7) is 4.70. The van der Waals surface area contributed by atoms with Gasteiger partial charge in [-0.3, -0.25) is 28.8 Å². The maximum Gasteiger partial charge on any atom is 0.328 e. The Morgan fingerprint density at radius 3 is 2.39 bits per heavy atom.